The van der Waals surface area contributed by atoms with E-state index in [0.29, 0.717) is 23.3 Å². The summed E-state index contributed by atoms with van der Waals surface area (Å²) in [5, 5.41) is 10.7. The lowest BCUT2D eigenvalue weighted by Crippen LogP contribution is -2.29. The van der Waals surface area contributed by atoms with Gasteiger partial charge in [0.25, 0.3) is 5.91 Å². The summed E-state index contributed by atoms with van der Waals surface area (Å²) in [5.74, 6) is 1.12. The molecule has 2 rings (SSSR count). The highest BCUT2D eigenvalue weighted by atomic mass is 16.4. The Morgan fingerprint density at radius 2 is 2.20 bits per heavy atom. The Bertz CT molecular complexity index is 566. The Balaban J connectivity index is 2.14. The van der Waals surface area contributed by atoms with E-state index < -0.39 is 0 Å². The summed E-state index contributed by atoms with van der Waals surface area (Å²) in [7, 11) is 0. The summed E-state index contributed by atoms with van der Waals surface area (Å²) in [6.07, 6.45) is 3.89. The SMILES string of the molecule is Cc1nnc(C(CC(C)C)NC(=O)c2cccnc2)o1. The number of carbonyl (C=O) groups excluding carboxylic acids is 1. The van der Waals surface area contributed by atoms with Gasteiger partial charge in [0, 0.05) is 19.3 Å². The summed E-state index contributed by atoms with van der Waals surface area (Å²) in [4.78, 5) is 16.1. The minimum Gasteiger partial charge on any atom is -0.423 e. The molecule has 2 heterocycles. The Hall–Kier alpha value is -2.24. The van der Waals surface area contributed by atoms with Crippen molar-refractivity contribution in [3.05, 3.63) is 41.9 Å². The Kier molecular flexibility index (Phi) is 4.45. The molecular formula is C14H18N4O2. The van der Waals surface area contributed by atoms with Crippen LogP contribution in [0.5, 0.6) is 0 Å². The van der Waals surface area contributed by atoms with Crippen molar-refractivity contribution in [1.29, 1.82) is 0 Å². The van der Waals surface area contributed by atoms with Crippen molar-refractivity contribution >= 4 is 5.91 Å². The van der Waals surface area contributed by atoms with E-state index in [1.54, 1.807) is 25.3 Å². The summed E-state index contributed by atoms with van der Waals surface area (Å²) >= 11 is 0. The minimum atomic E-state index is -0.288. The van der Waals surface area contributed by atoms with Crippen LogP contribution in [0.3, 0.4) is 0 Å². The number of pyridine rings is 1. The minimum absolute atomic E-state index is 0.195. The van der Waals surface area contributed by atoms with E-state index >= 15 is 0 Å². The Morgan fingerprint density at radius 3 is 2.75 bits per heavy atom. The molecule has 0 aliphatic heterocycles. The van der Waals surface area contributed by atoms with E-state index in [2.05, 4.69) is 34.3 Å². The fraction of sp³-hybridized carbons (Fsp3) is 0.429. The molecule has 0 spiro atoms. The maximum absolute atomic E-state index is 12.2. The number of hydrogen-bond acceptors (Lipinski definition) is 5. The highest BCUT2D eigenvalue weighted by Gasteiger charge is 2.22. The second-order valence-corrected chi connectivity index (χ2v) is 5.06. The third-order valence-corrected chi connectivity index (χ3v) is 2.78. The third kappa shape index (κ3) is 3.63. The predicted molar refractivity (Wildman–Crippen MR) is 72.9 cm³/mol. The van der Waals surface area contributed by atoms with Crippen molar-refractivity contribution in [2.24, 2.45) is 5.92 Å². The van der Waals surface area contributed by atoms with Crippen LogP contribution >= 0.6 is 0 Å². The van der Waals surface area contributed by atoms with Gasteiger partial charge in [-0.25, -0.2) is 0 Å². The van der Waals surface area contributed by atoms with Crippen molar-refractivity contribution < 1.29 is 9.21 Å². The van der Waals surface area contributed by atoms with Crippen molar-refractivity contribution in [2.45, 2.75) is 33.2 Å². The maximum Gasteiger partial charge on any atom is 0.253 e. The highest BCUT2D eigenvalue weighted by Crippen LogP contribution is 2.20. The molecule has 0 aliphatic rings. The van der Waals surface area contributed by atoms with Crippen LogP contribution in [0.4, 0.5) is 0 Å². The van der Waals surface area contributed by atoms with Crippen LogP contribution in [0.1, 0.15) is 48.4 Å². The van der Waals surface area contributed by atoms with Gasteiger partial charge in [-0.1, -0.05) is 13.8 Å². The number of nitrogens with zero attached hydrogens (tertiary/aromatic N) is 3. The van der Waals surface area contributed by atoms with Crippen LogP contribution in [0, 0.1) is 12.8 Å². The molecule has 0 bridgehead atoms. The van der Waals surface area contributed by atoms with Crippen molar-refractivity contribution in [3.63, 3.8) is 0 Å². The second-order valence-electron chi connectivity index (χ2n) is 5.06. The highest BCUT2D eigenvalue weighted by molar-refractivity contribution is 5.94. The molecule has 1 unspecified atom stereocenters. The van der Waals surface area contributed by atoms with E-state index in [-0.39, 0.29) is 11.9 Å². The molecule has 0 fully saturated rings. The van der Waals surface area contributed by atoms with E-state index in [1.165, 1.54) is 6.20 Å². The fourth-order valence-electron chi connectivity index (χ4n) is 1.88. The van der Waals surface area contributed by atoms with Crippen LogP contribution in [-0.2, 0) is 0 Å². The van der Waals surface area contributed by atoms with E-state index in [9.17, 15) is 4.79 Å². The molecule has 1 atom stereocenters. The van der Waals surface area contributed by atoms with Gasteiger partial charge in [-0.15, -0.1) is 10.2 Å². The molecule has 6 heteroatoms. The largest absolute Gasteiger partial charge is 0.423 e. The molecule has 0 saturated carbocycles. The van der Waals surface area contributed by atoms with Gasteiger partial charge < -0.3 is 9.73 Å². The van der Waals surface area contributed by atoms with E-state index in [4.69, 9.17) is 4.42 Å². The standard InChI is InChI=1S/C14H18N4O2/c1-9(2)7-12(14-18-17-10(3)20-14)16-13(19)11-5-4-6-15-8-11/h4-6,8-9,12H,7H2,1-3H3,(H,16,19). The molecule has 20 heavy (non-hydrogen) atoms. The summed E-state index contributed by atoms with van der Waals surface area (Å²) in [5.41, 5.74) is 0.512. The first-order valence-corrected chi connectivity index (χ1v) is 6.57. The van der Waals surface area contributed by atoms with Gasteiger partial charge in [0.05, 0.1) is 5.56 Å². The van der Waals surface area contributed by atoms with Crippen molar-refractivity contribution in [3.8, 4) is 0 Å². The van der Waals surface area contributed by atoms with Crippen LogP contribution < -0.4 is 5.32 Å². The molecule has 2 aromatic heterocycles. The number of hydrogen-bond donors (Lipinski definition) is 1. The maximum atomic E-state index is 12.2. The zero-order valence-corrected chi connectivity index (χ0v) is 11.8. The van der Waals surface area contributed by atoms with Gasteiger partial charge >= 0.3 is 0 Å². The van der Waals surface area contributed by atoms with Gasteiger partial charge in [-0.05, 0) is 24.5 Å². The van der Waals surface area contributed by atoms with Gasteiger partial charge in [0.2, 0.25) is 11.8 Å². The number of amides is 1. The molecular weight excluding hydrogens is 256 g/mol. The summed E-state index contributed by atoms with van der Waals surface area (Å²) in [6, 6.07) is 3.15. The molecule has 2 aromatic rings. The molecule has 0 aromatic carbocycles. The van der Waals surface area contributed by atoms with Gasteiger partial charge in [0.1, 0.15) is 6.04 Å². The average Bonchev–Trinajstić information content (AvgIpc) is 2.85. The quantitative estimate of drug-likeness (QED) is 0.904. The number of rotatable bonds is 5. The Morgan fingerprint density at radius 1 is 1.40 bits per heavy atom. The second kappa shape index (κ2) is 6.27. The smallest absolute Gasteiger partial charge is 0.253 e. The zero-order valence-electron chi connectivity index (χ0n) is 11.8. The fourth-order valence-corrected chi connectivity index (χ4v) is 1.88. The molecule has 0 saturated heterocycles. The first kappa shape index (κ1) is 14.2. The molecule has 0 aliphatic carbocycles. The molecule has 6 nitrogen and oxygen atoms in total. The lowest BCUT2D eigenvalue weighted by Gasteiger charge is -2.17. The lowest BCUT2D eigenvalue weighted by molar-refractivity contribution is 0.0923. The third-order valence-electron chi connectivity index (χ3n) is 2.78. The van der Waals surface area contributed by atoms with Crippen LogP contribution in [-0.4, -0.2) is 21.1 Å². The zero-order chi connectivity index (χ0) is 14.5. The summed E-state index contributed by atoms with van der Waals surface area (Å²) < 4.78 is 5.43. The van der Waals surface area contributed by atoms with E-state index in [0.717, 1.165) is 6.42 Å². The monoisotopic (exact) mass is 274 g/mol. The molecule has 106 valence electrons. The van der Waals surface area contributed by atoms with Crippen LogP contribution in [0.25, 0.3) is 0 Å². The van der Waals surface area contributed by atoms with Crippen molar-refractivity contribution in [2.75, 3.05) is 0 Å². The number of nitrogens with one attached hydrogen (secondary N) is 1. The van der Waals surface area contributed by atoms with Crippen LogP contribution in [0.15, 0.2) is 28.9 Å². The lowest BCUT2D eigenvalue weighted by atomic mass is 10.0. The number of aromatic nitrogens is 3. The summed E-state index contributed by atoms with van der Waals surface area (Å²) in [6.45, 7) is 5.88. The number of aryl methyl sites for hydroxylation is 1. The molecule has 0 radical (unpaired) electrons. The van der Waals surface area contributed by atoms with Crippen molar-refractivity contribution in [1.82, 2.24) is 20.5 Å². The van der Waals surface area contributed by atoms with E-state index in [1.807, 2.05) is 0 Å². The first-order valence-electron chi connectivity index (χ1n) is 6.57. The predicted octanol–water partition coefficient (Wildman–Crippen LogP) is 2.29. The normalized spacial score (nSPS) is 12.4. The molecule has 1 amide bonds. The number of carbonyl (C=O) groups is 1. The first-order chi connectivity index (χ1) is 9.56. The van der Waals surface area contributed by atoms with Gasteiger partial charge in [-0.2, -0.15) is 0 Å². The van der Waals surface area contributed by atoms with Gasteiger partial charge in [0.15, 0.2) is 0 Å². The Labute approximate surface area is 117 Å². The topological polar surface area (TPSA) is 80.9 Å². The molecule has 1 N–H and O–H groups in total. The average molecular weight is 274 g/mol. The van der Waals surface area contributed by atoms with Crippen LogP contribution in [0.2, 0.25) is 0 Å². The van der Waals surface area contributed by atoms with Gasteiger partial charge in [-0.3, -0.25) is 9.78 Å².